The van der Waals surface area contributed by atoms with Gasteiger partial charge in [-0.2, -0.15) is 0 Å². The van der Waals surface area contributed by atoms with Crippen molar-refractivity contribution in [3.63, 3.8) is 0 Å². The number of ether oxygens (including phenoxy) is 2. The number of carbonyl (C=O) groups is 1. The highest BCUT2D eigenvalue weighted by Crippen LogP contribution is 2.39. The lowest BCUT2D eigenvalue weighted by Gasteiger charge is -2.23. The molecule has 0 bridgehead atoms. The van der Waals surface area contributed by atoms with Gasteiger partial charge in [-0.3, -0.25) is 9.69 Å². The van der Waals surface area contributed by atoms with Gasteiger partial charge in [0.15, 0.2) is 11.5 Å². The third-order valence-electron chi connectivity index (χ3n) is 4.12. The monoisotopic (exact) mass is 290 g/mol. The van der Waals surface area contributed by atoms with Crippen LogP contribution in [0.4, 0.5) is 5.69 Å². The van der Waals surface area contributed by atoms with Gasteiger partial charge in [0, 0.05) is 0 Å². The van der Waals surface area contributed by atoms with Gasteiger partial charge >= 0.3 is 0 Å². The van der Waals surface area contributed by atoms with Crippen LogP contribution in [0.25, 0.3) is 0 Å². The summed E-state index contributed by atoms with van der Waals surface area (Å²) in [6, 6.07) is 5.56. The molecule has 5 nitrogen and oxygen atoms in total. The fourth-order valence-electron chi connectivity index (χ4n) is 3.00. The number of carbonyl (C=O) groups excluding carboxylic acids is 1. The average Bonchev–Trinajstić information content (AvgIpc) is 3.14. The highest BCUT2D eigenvalue weighted by molar-refractivity contribution is 5.96. The summed E-state index contributed by atoms with van der Waals surface area (Å²) in [5, 5.41) is 3.01. The standard InChI is InChI=1S/C16H22N2O3/c1-2-3-9-18-10-5-7-13(18)16(19)17-12-6-4-8-14-15(12)21-11-20-14/h4,6,8,13H,2-3,5,7,9-11H2,1H3,(H,17,19). The molecule has 1 atom stereocenters. The van der Waals surface area contributed by atoms with Crippen molar-refractivity contribution in [2.75, 3.05) is 25.2 Å². The number of hydrogen-bond donors (Lipinski definition) is 1. The third-order valence-corrected chi connectivity index (χ3v) is 4.12. The van der Waals surface area contributed by atoms with E-state index >= 15 is 0 Å². The smallest absolute Gasteiger partial charge is 0.241 e. The van der Waals surface area contributed by atoms with Crippen LogP contribution in [0.2, 0.25) is 0 Å². The topological polar surface area (TPSA) is 50.8 Å². The molecule has 5 heteroatoms. The number of likely N-dealkylation sites (tertiary alicyclic amines) is 1. The molecule has 1 aromatic rings. The Morgan fingerprint density at radius 3 is 3.19 bits per heavy atom. The van der Waals surface area contributed by atoms with E-state index in [1.807, 2.05) is 18.2 Å². The van der Waals surface area contributed by atoms with Crippen molar-refractivity contribution in [1.82, 2.24) is 4.90 Å². The average molecular weight is 290 g/mol. The first-order chi connectivity index (χ1) is 10.3. The second kappa shape index (κ2) is 6.35. The van der Waals surface area contributed by atoms with Crippen molar-refractivity contribution in [3.05, 3.63) is 18.2 Å². The normalized spacial score (nSPS) is 20.7. The van der Waals surface area contributed by atoms with E-state index in [9.17, 15) is 4.79 Å². The van der Waals surface area contributed by atoms with Crippen LogP contribution >= 0.6 is 0 Å². The molecule has 3 rings (SSSR count). The van der Waals surface area contributed by atoms with E-state index in [2.05, 4.69) is 17.1 Å². The Kier molecular flexibility index (Phi) is 4.29. The van der Waals surface area contributed by atoms with Gasteiger partial charge in [0.2, 0.25) is 12.7 Å². The minimum atomic E-state index is -0.0188. The highest BCUT2D eigenvalue weighted by atomic mass is 16.7. The van der Waals surface area contributed by atoms with E-state index < -0.39 is 0 Å². The Labute approximate surface area is 125 Å². The van der Waals surface area contributed by atoms with Gasteiger partial charge in [-0.15, -0.1) is 0 Å². The number of nitrogens with one attached hydrogen (secondary N) is 1. The van der Waals surface area contributed by atoms with Gasteiger partial charge in [-0.25, -0.2) is 0 Å². The molecule has 0 saturated carbocycles. The molecule has 21 heavy (non-hydrogen) atoms. The Morgan fingerprint density at radius 2 is 2.33 bits per heavy atom. The van der Waals surface area contributed by atoms with Crippen LogP contribution in [0.15, 0.2) is 18.2 Å². The third kappa shape index (κ3) is 2.97. The Balaban J connectivity index is 1.67. The number of amides is 1. The summed E-state index contributed by atoms with van der Waals surface area (Å²) in [5.74, 6) is 1.40. The molecule has 1 N–H and O–H groups in total. The molecular formula is C16H22N2O3. The van der Waals surface area contributed by atoms with Crippen molar-refractivity contribution >= 4 is 11.6 Å². The van der Waals surface area contributed by atoms with E-state index in [1.54, 1.807) is 0 Å². The predicted molar refractivity (Wildman–Crippen MR) is 80.7 cm³/mol. The Bertz CT molecular complexity index is 518. The Morgan fingerprint density at radius 1 is 1.43 bits per heavy atom. The molecule has 2 heterocycles. The van der Waals surface area contributed by atoms with Crippen molar-refractivity contribution in [2.45, 2.75) is 38.6 Å². The number of hydrogen-bond acceptors (Lipinski definition) is 4. The number of nitrogens with zero attached hydrogens (tertiary/aromatic N) is 1. The Hall–Kier alpha value is -1.75. The van der Waals surface area contributed by atoms with E-state index in [0.29, 0.717) is 17.2 Å². The summed E-state index contributed by atoms with van der Waals surface area (Å²) >= 11 is 0. The lowest BCUT2D eigenvalue weighted by Crippen LogP contribution is -2.40. The first-order valence-electron chi connectivity index (χ1n) is 7.73. The van der Waals surface area contributed by atoms with E-state index in [-0.39, 0.29) is 18.7 Å². The highest BCUT2D eigenvalue weighted by Gasteiger charge is 2.31. The SMILES string of the molecule is CCCCN1CCCC1C(=O)Nc1cccc2c1OCO2. The van der Waals surface area contributed by atoms with Crippen LogP contribution in [-0.2, 0) is 4.79 Å². The summed E-state index contributed by atoms with van der Waals surface area (Å²) in [6.07, 6.45) is 4.32. The van der Waals surface area contributed by atoms with Crippen LogP contribution < -0.4 is 14.8 Å². The van der Waals surface area contributed by atoms with E-state index in [0.717, 1.165) is 38.8 Å². The zero-order valence-corrected chi connectivity index (χ0v) is 12.4. The quantitative estimate of drug-likeness (QED) is 0.905. The van der Waals surface area contributed by atoms with Crippen molar-refractivity contribution < 1.29 is 14.3 Å². The minimum absolute atomic E-state index is 0.0188. The number of fused-ring (bicyclic) bond motifs is 1. The zero-order chi connectivity index (χ0) is 14.7. The van der Waals surface area contributed by atoms with Crippen molar-refractivity contribution in [1.29, 1.82) is 0 Å². The molecule has 0 aromatic heterocycles. The van der Waals surface area contributed by atoms with Gasteiger partial charge < -0.3 is 14.8 Å². The van der Waals surface area contributed by atoms with E-state index in [4.69, 9.17) is 9.47 Å². The number of rotatable bonds is 5. The number of benzene rings is 1. The zero-order valence-electron chi connectivity index (χ0n) is 12.4. The van der Waals surface area contributed by atoms with Crippen LogP contribution in [0.5, 0.6) is 11.5 Å². The summed E-state index contributed by atoms with van der Waals surface area (Å²) < 4.78 is 10.8. The first kappa shape index (κ1) is 14.2. The predicted octanol–water partition coefficient (Wildman–Crippen LogP) is 2.62. The molecule has 0 aliphatic carbocycles. The van der Waals surface area contributed by atoms with Crippen molar-refractivity contribution in [2.24, 2.45) is 0 Å². The molecule has 114 valence electrons. The second-order valence-corrected chi connectivity index (χ2v) is 5.58. The van der Waals surface area contributed by atoms with Gasteiger partial charge in [0.05, 0.1) is 11.7 Å². The fourth-order valence-corrected chi connectivity index (χ4v) is 3.00. The molecule has 1 aromatic carbocycles. The summed E-state index contributed by atoms with van der Waals surface area (Å²) in [5.41, 5.74) is 0.706. The second-order valence-electron chi connectivity index (χ2n) is 5.58. The lowest BCUT2D eigenvalue weighted by atomic mass is 10.2. The molecule has 0 radical (unpaired) electrons. The van der Waals surface area contributed by atoms with Gasteiger partial charge in [-0.05, 0) is 44.5 Å². The van der Waals surface area contributed by atoms with Crippen LogP contribution in [0.3, 0.4) is 0 Å². The molecule has 2 aliphatic rings. The van der Waals surface area contributed by atoms with Gasteiger partial charge in [-0.1, -0.05) is 19.4 Å². The molecule has 1 saturated heterocycles. The van der Waals surface area contributed by atoms with Gasteiger partial charge in [0.1, 0.15) is 0 Å². The molecule has 1 fully saturated rings. The van der Waals surface area contributed by atoms with Gasteiger partial charge in [0.25, 0.3) is 0 Å². The number of para-hydroxylation sites is 1. The molecule has 1 unspecified atom stereocenters. The molecule has 2 aliphatic heterocycles. The molecule has 1 amide bonds. The van der Waals surface area contributed by atoms with Crippen molar-refractivity contribution in [3.8, 4) is 11.5 Å². The van der Waals surface area contributed by atoms with Crippen LogP contribution in [0, 0.1) is 0 Å². The van der Waals surface area contributed by atoms with Crippen LogP contribution in [0.1, 0.15) is 32.6 Å². The molecular weight excluding hydrogens is 268 g/mol. The largest absolute Gasteiger partial charge is 0.454 e. The summed E-state index contributed by atoms with van der Waals surface area (Å²) in [4.78, 5) is 14.8. The van der Waals surface area contributed by atoms with E-state index in [1.165, 1.54) is 0 Å². The maximum absolute atomic E-state index is 12.5. The fraction of sp³-hybridized carbons (Fsp3) is 0.562. The van der Waals surface area contributed by atoms with Crippen LogP contribution in [-0.4, -0.2) is 36.7 Å². The molecule has 0 spiro atoms. The number of unbranched alkanes of at least 4 members (excludes halogenated alkanes) is 1. The lowest BCUT2D eigenvalue weighted by molar-refractivity contribution is -0.120. The number of anilines is 1. The maximum atomic E-state index is 12.5. The summed E-state index contributed by atoms with van der Waals surface area (Å²) in [7, 11) is 0. The summed E-state index contributed by atoms with van der Waals surface area (Å²) in [6.45, 7) is 4.41. The first-order valence-corrected chi connectivity index (χ1v) is 7.73. The maximum Gasteiger partial charge on any atom is 0.241 e. The minimum Gasteiger partial charge on any atom is -0.454 e.